The summed E-state index contributed by atoms with van der Waals surface area (Å²) in [4.78, 5) is 29.5. The second kappa shape index (κ2) is 10.9. The Morgan fingerprint density at radius 3 is 2.25 bits per heavy atom. The third kappa shape index (κ3) is 5.59. The van der Waals surface area contributed by atoms with E-state index in [0.717, 1.165) is 21.0 Å². The van der Waals surface area contributed by atoms with Crippen molar-refractivity contribution < 1.29 is 14.5 Å². The highest BCUT2D eigenvalue weighted by molar-refractivity contribution is 7.98. The molecule has 0 aliphatic rings. The summed E-state index contributed by atoms with van der Waals surface area (Å²) in [5.74, 6) is -0.0571. The normalized spacial score (nSPS) is 12.9. The van der Waals surface area contributed by atoms with E-state index < -0.39 is 6.04 Å². The maximum absolute atomic E-state index is 13.2. The van der Waals surface area contributed by atoms with Gasteiger partial charge < -0.3 is 15.1 Å². The minimum absolute atomic E-state index is 0.0472. The summed E-state index contributed by atoms with van der Waals surface area (Å²) in [6, 6.07) is 17.0. The van der Waals surface area contributed by atoms with E-state index in [1.165, 1.54) is 0 Å². The van der Waals surface area contributed by atoms with E-state index in [1.807, 2.05) is 86.6 Å². The first-order valence-corrected chi connectivity index (χ1v) is 10.8. The molecular weight excluding hydrogens is 370 g/mol. The van der Waals surface area contributed by atoms with E-state index in [2.05, 4.69) is 5.32 Å². The van der Waals surface area contributed by atoms with Crippen molar-refractivity contribution in [1.29, 1.82) is 0 Å². The predicted molar refractivity (Wildman–Crippen MR) is 116 cm³/mol. The quantitative estimate of drug-likeness (QED) is 0.636. The van der Waals surface area contributed by atoms with Crippen LogP contribution in [0.4, 0.5) is 5.69 Å². The number of benzene rings is 2. The summed E-state index contributed by atoms with van der Waals surface area (Å²) in [6.45, 7) is 5.46. The molecular formula is C22H30N3O2S+. The van der Waals surface area contributed by atoms with Crippen molar-refractivity contribution in [2.75, 3.05) is 38.3 Å². The van der Waals surface area contributed by atoms with E-state index in [1.54, 1.807) is 11.8 Å². The number of hydrogen-bond donors (Lipinski definition) is 2. The predicted octanol–water partition coefficient (Wildman–Crippen LogP) is 2.47. The first-order chi connectivity index (χ1) is 13.5. The van der Waals surface area contributed by atoms with Gasteiger partial charge in [0.05, 0.1) is 12.7 Å². The molecule has 0 aliphatic heterocycles. The standard InChI is InChI=1S/C22H29N3O2S/c1-5-25(6-2)22(27)21(17-12-8-7-9-13-17)24(3)16-20(26)23-18-14-10-11-15-19(18)28-4/h7-15,21H,5-6,16H2,1-4H3,(H,23,26)/p+1/t21-/m1/s1. The fourth-order valence-electron chi connectivity index (χ4n) is 3.30. The molecule has 2 N–H and O–H groups in total. The molecule has 6 heteroatoms. The zero-order chi connectivity index (χ0) is 20.5. The number of quaternary nitrogens is 1. The van der Waals surface area contributed by atoms with Crippen LogP contribution in [0.25, 0.3) is 0 Å². The zero-order valence-corrected chi connectivity index (χ0v) is 17.9. The molecule has 2 rings (SSSR count). The highest BCUT2D eigenvalue weighted by atomic mass is 32.2. The lowest BCUT2D eigenvalue weighted by molar-refractivity contribution is -0.894. The number of anilines is 1. The molecule has 0 saturated carbocycles. The van der Waals surface area contributed by atoms with E-state index in [0.29, 0.717) is 13.1 Å². The van der Waals surface area contributed by atoms with Crippen LogP contribution in [-0.4, -0.2) is 49.7 Å². The molecule has 2 atom stereocenters. The highest BCUT2D eigenvalue weighted by Gasteiger charge is 2.33. The average Bonchev–Trinajstić information content (AvgIpc) is 2.70. The number of amides is 2. The second-order valence-corrected chi connectivity index (χ2v) is 7.47. The number of para-hydroxylation sites is 1. The molecule has 150 valence electrons. The van der Waals surface area contributed by atoms with Crippen LogP contribution < -0.4 is 10.2 Å². The Hall–Kier alpha value is -2.31. The van der Waals surface area contributed by atoms with Crippen LogP contribution in [0.2, 0.25) is 0 Å². The molecule has 0 bridgehead atoms. The van der Waals surface area contributed by atoms with Crippen molar-refractivity contribution in [3.05, 3.63) is 60.2 Å². The van der Waals surface area contributed by atoms with Gasteiger partial charge in [-0.25, -0.2) is 0 Å². The van der Waals surface area contributed by atoms with Gasteiger partial charge >= 0.3 is 0 Å². The van der Waals surface area contributed by atoms with Gasteiger partial charge in [-0.3, -0.25) is 9.59 Å². The van der Waals surface area contributed by atoms with Gasteiger partial charge in [0.15, 0.2) is 12.6 Å². The molecule has 2 amide bonds. The summed E-state index contributed by atoms with van der Waals surface area (Å²) in [5.41, 5.74) is 1.73. The summed E-state index contributed by atoms with van der Waals surface area (Å²) in [7, 11) is 1.90. The van der Waals surface area contributed by atoms with Crippen molar-refractivity contribution in [2.24, 2.45) is 0 Å². The molecule has 2 aromatic rings. The Labute approximate surface area is 172 Å². The minimum atomic E-state index is -0.414. The Morgan fingerprint density at radius 2 is 1.64 bits per heavy atom. The summed E-state index contributed by atoms with van der Waals surface area (Å²) in [5, 5.41) is 2.99. The first-order valence-electron chi connectivity index (χ1n) is 9.60. The van der Waals surface area contributed by atoms with Gasteiger partial charge in [0.1, 0.15) is 0 Å². The lowest BCUT2D eigenvalue weighted by Crippen LogP contribution is -3.11. The third-order valence-electron chi connectivity index (χ3n) is 4.77. The first kappa shape index (κ1) is 22.0. The number of nitrogens with one attached hydrogen (secondary N) is 2. The number of rotatable bonds is 9. The van der Waals surface area contributed by atoms with Gasteiger partial charge in [0.25, 0.3) is 11.8 Å². The average molecular weight is 401 g/mol. The maximum Gasteiger partial charge on any atom is 0.285 e. The number of carbonyl (C=O) groups excluding carboxylic acids is 2. The summed E-state index contributed by atoms with van der Waals surface area (Å²) >= 11 is 1.59. The third-order valence-corrected chi connectivity index (χ3v) is 5.56. The second-order valence-electron chi connectivity index (χ2n) is 6.63. The van der Waals surface area contributed by atoms with Gasteiger partial charge in [-0.15, -0.1) is 11.8 Å². The smallest absolute Gasteiger partial charge is 0.285 e. The van der Waals surface area contributed by atoms with E-state index in [4.69, 9.17) is 0 Å². The molecule has 0 aliphatic carbocycles. The van der Waals surface area contributed by atoms with E-state index in [9.17, 15) is 9.59 Å². The molecule has 0 radical (unpaired) electrons. The zero-order valence-electron chi connectivity index (χ0n) is 17.1. The number of hydrogen-bond acceptors (Lipinski definition) is 3. The molecule has 0 saturated heterocycles. The van der Waals surface area contributed by atoms with Crippen LogP contribution in [0.15, 0.2) is 59.5 Å². The SMILES string of the molecule is CCN(CC)C(=O)[C@@H](c1ccccc1)[NH+](C)CC(=O)Nc1ccccc1SC. The minimum Gasteiger partial charge on any atom is -0.338 e. The van der Waals surface area contributed by atoms with Crippen molar-refractivity contribution in [3.8, 4) is 0 Å². The topological polar surface area (TPSA) is 53.9 Å². The summed E-state index contributed by atoms with van der Waals surface area (Å²) in [6.07, 6.45) is 1.98. The molecule has 0 spiro atoms. The Bertz CT molecular complexity index is 778. The van der Waals surface area contributed by atoms with Gasteiger partial charge in [0, 0.05) is 23.5 Å². The van der Waals surface area contributed by atoms with Crippen LogP contribution in [0, 0.1) is 0 Å². The van der Waals surface area contributed by atoms with E-state index >= 15 is 0 Å². The van der Waals surface area contributed by atoms with Gasteiger partial charge in [-0.05, 0) is 32.2 Å². The highest BCUT2D eigenvalue weighted by Crippen LogP contribution is 2.24. The molecule has 5 nitrogen and oxygen atoms in total. The van der Waals surface area contributed by atoms with Crippen molar-refractivity contribution in [1.82, 2.24) is 4.90 Å². The number of carbonyl (C=O) groups is 2. The molecule has 0 aromatic heterocycles. The fourth-order valence-corrected chi connectivity index (χ4v) is 3.85. The van der Waals surface area contributed by atoms with Gasteiger partial charge in [0.2, 0.25) is 0 Å². The largest absolute Gasteiger partial charge is 0.338 e. The maximum atomic E-state index is 13.2. The molecule has 2 aromatic carbocycles. The lowest BCUT2D eigenvalue weighted by atomic mass is 10.0. The van der Waals surface area contributed by atoms with Gasteiger partial charge in [-0.2, -0.15) is 0 Å². The lowest BCUT2D eigenvalue weighted by Gasteiger charge is -2.29. The number of nitrogens with zero attached hydrogens (tertiary/aromatic N) is 1. The Kier molecular flexibility index (Phi) is 8.54. The van der Waals surface area contributed by atoms with Crippen LogP contribution in [0.5, 0.6) is 0 Å². The molecule has 0 fully saturated rings. The van der Waals surface area contributed by atoms with Crippen LogP contribution in [0.1, 0.15) is 25.5 Å². The Balaban J connectivity index is 2.19. The van der Waals surface area contributed by atoms with Crippen molar-refractivity contribution in [3.63, 3.8) is 0 Å². The van der Waals surface area contributed by atoms with E-state index in [-0.39, 0.29) is 18.4 Å². The number of thioether (sulfide) groups is 1. The van der Waals surface area contributed by atoms with Crippen molar-refractivity contribution in [2.45, 2.75) is 24.8 Å². The van der Waals surface area contributed by atoms with Crippen LogP contribution >= 0.6 is 11.8 Å². The number of likely N-dealkylation sites (N-methyl/N-ethyl adjacent to an activating group) is 2. The molecule has 0 heterocycles. The summed E-state index contributed by atoms with van der Waals surface area (Å²) < 4.78 is 0. The van der Waals surface area contributed by atoms with Crippen LogP contribution in [0.3, 0.4) is 0 Å². The van der Waals surface area contributed by atoms with Gasteiger partial charge in [-0.1, -0.05) is 42.5 Å². The fraction of sp³-hybridized carbons (Fsp3) is 0.364. The van der Waals surface area contributed by atoms with Crippen molar-refractivity contribution >= 4 is 29.3 Å². The van der Waals surface area contributed by atoms with Crippen LogP contribution in [-0.2, 0) is 9.59 Å². The molecule has 1 unspecified atom stereocenters. The Morgan fingerprint density at radius 1 is 1.04 bits per heavy atom. The molecule has 28 heavy (non-hydrogen) atoms. The monoisotopic (exact) mass is 400 g/mol.